The predicted octanol–water partition coefficient (Wildman–Crippen LogP) is 0.0636. The SMILES string of the molecule is CC(C)CC(N)C(=O)O.[Ca+2]. The summed E-state index contributed by atoms with van der Waals surface area (Å²) in [7, 11) is 0. The van der Waals surface area contributed by atoms with Gasteiger partial charge in [0.25, 0.3) is 0 Å². The van der Waals surface area contributed by atoms with E-state index in [1.807, 2.05) is 13.8 Å². The minimum Gasteiger partial charge on any atom is -0.480 e. The van der Waals surface area contributed by atoms with Crippen molar-refractivity contribution in [3.8, 4) is 0 Å². The summed E-state index contributed by atoms with van der Waals surface area (Å²) < 4.78 is 0. The van der Waals surface area contributed by atoms with Gasteiger partial charge in [-0.2, -0.15) is 0 Å². The average Bonchev–Trinajstić information content (AvgIpc) is 1.63. The molecule has 1 atom stereocenters. The molecule has 1 unspecified atom stereocenters. The van der Waals surface area contributed by atoms with Crippen molar-refractivity contribution in [1.29, 1.82) is 0 Å². The molecule has 0 heterocycles. The van der Waals surface area contributed by atoms with Gasteiger partial charge in [-0.25, -0.2) is 0 Å². The quantitative estimate of drug-likeness (QED) is 0.590. The molecule has 0 amide bonds. The van der Waals surface area contributed by atoms with Gasteiger partial charge < -0.3 is 10.8 Å². The van der Waals surface area contributed by atoms with Crippen LogP contribution < -0.4 is 5.73 Å². The normalized spacial score (nSPS) is 12.4. The standard InChI is InChI=1S/C6H13NO2.Ca/c1-4(2)3-5(7)6(8)9;/h4-5H,3,7H2,1-2H3,(H,8,9);/q;+2. The van der Waals surface area contributed by atoms with Gasteiger partial charge in [-0.05, 0) is 12.3 Å². The van der Waals surface area contributed by atoms with Crippen LogP contribution in [0.1, 0.15) is 20.3 Å². The maximum absolute atomic E-state index is 10.1. The number of carboxylic acids is 1. The minimum absolute atomic E-state index is 0. The number of hydrogen-bond acceptors (Lipinski definition) is 2. The summed E-state index contributed by atoms with van der Waals surface area (Å²) in [5.74, 6) is -0.556. The van der Waals surface area contributed by atoms with E-state index in [0.29, 0.717) is 12.3 Å². The van der Waals surface area contributed by atoms with Crippen molar-refractivity contribution in [3.63, 3.8) is 0 Å². The van der Waals surface area contributed by atoms with Crippen LogP contribution in [-0.4, -0.2) is 54.9 Å². The van der Waals surface area contributed by atoms with E-state index in [-0.39, 0.29) is 37.7 Å². The minimum atomic E-state index is -0.913. The monoisotopic (exact) mass is 171 g/mol. The van der Waals surface area contributed by atoms with Crippen molar-refractivity contribution in [2.75, 3.05) is 0 Å². The number of carbonyl (C=O) groups is 1. The van der Waals surface area contributed by atoms with E-state index in [1.54, 1.807) is 0 Å². The van der Waals surface area contributed by atoms with E-state index in [0.717, 1.165) is 0 Å². The van der Waals surface area contributed by atoms with Crippen molar-refractivity contribution >= 4 is 43.7 Å². The molecular formula is C6H13CaNO2+2. The summed E-state index contributed by atoms with van der Waals surface area (Å²) in [6.45, 7) is 3.89. The van der Waals surface area contributed by atoms with Crippen LogP contribution in [0.15, 0.2) is 0 Å². The van der Waals surface area contributed by atoms with E-state index in [2.05, 4.69) is 0 Å². The number of carboxylic acid groups (broad SMARTS) is 1. The van der Waals surface area contributed by atoms with E-state index in [9.17, 15) is 4.79 Å². The van der Waals surface area contributed by atoms with E-state index >= 15 is 0 Å². The number of nitrogens with two attached hydrogens (primary N) is 1. The molecule has 3 N–H and O–H groups in total. The zero-order chi connectivity index (χ0) is 7.44. The van der Waals surface area contributed by atoms with Gasteiger partial charge in [-0.1, -0.05) is 13.8 Å². The van der Waals surface area contributed by atoms with Gasteiger partial charge in [0.05, 0.1) is 0 Å². The zero-order valence-corrected chi connectivity index (χ0v) is 8.71. The Morgan fingerprint density at radius 3 is 2.10 bits per heavy atom. The Labute approximate surface area is 91.0 Å². The summed E-state index contributed by atoms with van der Waals surface area (Å²) in [5.41, 5.74) is 5.22. The molecule has 0 saturated carbocycles. The first kappa shape index (κ1) is 13.3. The molecular weight excluding hydrogens is 158 g/mol. The largest absolute Gasteiger partial charge is 2.00 e. The van der Waals surface area contributed by atoms with Crippen LogP contribution in [0.3, 0.4) is 0 Å². The topological polar surface area (TPSA) is 63.3 Å². The van der Waals surface area contributed by atoms with Gasteiger partial charge in [0.15, 0.2) is 0 Å². The van der Waals surface area contributed by atoms with E-state index < -0.39 is 12.0 Å². The maximum Gasteiger partial charge on any atom is 2.00 e. The molecule has 0 aromatic heterocycles. The first-order chi connectivity index (χ1) is 4.04. The van der Waals surface area contributed by atoms with Gasteiger partial charge >= 0.3 is 43.7 Å². The molecule has 0 aromatic rings. The fourth-order valence-corrected chi connectivity index (χ4v) is 0.609. The molecule has 0 spiro atoms. The van der Waals surface area contributed by atoms with Gasteiger partial charge in [0.2, 0.25) is 0 Å². The van der Waals surface area contributed by atoms with Crippen LogP contribution in [-0.2, 0) is 4.79 Å². The fourth-order valence-electron chi connectivity index (χ4n) is 0.609. The van der Waals surface area contributed by atoms with Crippen LogP contribution >= 0.6 is 0 Å². The van der Waals surface area contributed by atoms with Crippen molar-refractivity contribution in [3.05, 3.63) is 0 Å². The summed E-state index contributed by atoms with van der Waals surface area (Å²) >= 11 is 0. The first-order valence-corrected chi connectivity index (χ1v) is 3.02. The third-order valence-electron chi connectivity index (χ3n) is 1.04. The van der Waals surface area contributed by atoms with Crippen LogP contribution in [0.5, 0.6) is 0 Å². The van der Waals surface area contributed by atoms with Gasteiger partial charge in [0, 0.05) is 0 Å². The molecule has 54 valence electrons. The molecule has 0 aliphatic carbocycles. The molecule has 0 saturated heterocycles. The maximum atomic E-state index is 10.1. The van der Waals surface area contributed by atoms with Crippen molar-refractivity contribution in [2.45, 2.75) is 26.3 Å². The van der Waals surface area contributed by atoms with Gasteiger partial charge in [-0.3, -0.25) is 4.79 Å². The predicted molar refractivity (Wildman–Crippen MR) is 40.8 cm³/mol. The Balaban J connectivity index is 0. The van der Waals surface area contributed by atoms with Crippen LogP contribution in [0.4, 0.5) is 0 Å². The van der Waals surface area contributed by atoms with E-state index in [4.69, 9.17) is 10.8 Å². The van der Waals surface area contributed by atoms with Gasteiger partial charge in [-0.15, -0.1) is 0 Å². The smallest absolute Gasteiger partial charge is 0.480 e. The van der Waals surface area contributed by atoms with Crippen molar-refractivity contribution in [1.82, 2.24) is 0 Å². The molecule has 0 bridgehead atoms. The van der Waals surface area contributed by atoms with Crippen molar-refractivity contribution in [2.24, 2.45) is 11.7 Å². The summed E-state index contributed by atoms with van der Waals surface area (Å²) in [6, 6.07) is -0.690. The third-order valence-corrected chi connectivity index (χ3v) is 1.04. The second-order valence-electron chi connectivity index (χ2n) is 2.57. The summed E-state index contributed by atoms with van der Waals surface area (Å²) in [6.07, 6.45) is 0.551. The summed E-state index contributed by atoms with van der Waals surface area (Å²) in [5, 5.41) is 8.31. The number of rotatable bonds is 3. The van der Waals surface area contributed by atoms with Crippen LogP contribution in [0.25, 0.3) is 0 Å². The zero-order valence-electron chi connectivity index (χ0n) is 6.50. The van der Waals surface area contributed by atoms with Crippen molar-refractivity contribution < 1.29 is 9.90 Å². The Morgan fingerprint density at radius 1 is 1.60 bits per heavy atom. The Kier molecular flexibility index (Phi) is 8.51. The molecule has 3 nitrogen and oxygen atoms in total. The van der Waals surface area contributed by atoms with Gasteiger partial charge in [0.1, 0.15) is 6.04 Å². The fraction of sp³-hybridized carbons (Fsp3) is 0.833. The van der Waals surface area contributed by atoms with Crippen LogP contribution in [0.2, 0.25) is 0 Å². The second-order valence-corrected chi connectivity index (χ2v) is 2.57. The summed E-state index contributed by atoms with van der Waals surface area (Å²) in [4.78, 5) is 10.1. The van der Waals surface area contributed by atoms with Crippen LogP contribution in [0, 0.1) is 5.92 Å². The Morgan fingerprint density at radius 2 is 2.00 bits per heavy atom. The molecule has 0 aliphatic rings. The molecule has 10 heavy (non-hydrogen) atoms. The molecule has 0 aromatic carbocycles. The Bertz CT molecular complexity index is 106. The third kappa shape index (κ3) is 6.80. The Hall–Kier alpha value is 0.690. The molecule has 0 fully saturated rings. The molecule has 0 rings (SSSR count). The molecule has 0 aliphatic heterocycles. The number of aliphatic carboxylic acids is 1. The van der Waals surface area contributed by atoms with E-state index in [1.165, 1.54) is 0 Å². The first-order valence-electron chi connectivity index (χ1n) is 3.02. The molecule has 0 radical (unpaired) electrons. The number of hydrogen-bond donors (Lipinski definition) is 2. The second kappa shape index (κ2) is 6.40. The molecule has 4 heteroatoms. The average molecular weight is 171 g/mol.